The van der Waals surface area contributed by atoms with Gasteiger partial charge in [-0.1, -0.05) is 12.8 Å². The second-order valence-electron chi connectivity index (χ2n) is 4.11. The minimum atomic E-state index is -0.0539. The van der Waals surface area contributed by atoms with Crippen LogP contribution >= 0.6 is 0 Å². The summed E-state index contributed by atoms with van der Waals surface area (Å²) in [7, 11) is 0. The van der Waals surface area contributed by atoms with Crippen LogP contribution in [-0.4, -0.2) is 23.1 Å². The highest BCUT2D eigenvalue weighted by Crippen LogP contribution is 2.14. The first-order valence-electron chi connectivity index (χ1n) is 5.58. The van der Waals surface area contributed by atoms with Crippen LogP contribution in [0.3, 0.4) is 0 Å². The van der Waals surface area contributed by atoms with E-state index in [9.17, 15) is 4.79 Å². The molecule has 0 saturated carbocycles. The first-order chi connectivity index (χ1) is 7.25. The van der Waals surface area contributed by atoms with Crippen molar-refractivity contribution in [3.63, 3.8) is 0 Å². The van der Waals surface area contributed by atoms with Crippen molar-refractivity contribution < 1.29 is 0 Å². The van der Waals surface area contributed by atoms with Crippen molar-refractivity contribution in [2.75, 3.05) is 18.0 Å². The van der Waals surface area contributed by atoms with Crippen LogP contribution in [0.2, 0.25) is 0 Å². The second-order valence-corrected chi connectivity index (χ2v) is 4.11. The van der Waals surface area contributed by atoms with Gasteiger partial charge in [0.2, 0.25) is 5.95 Å². The van der Waals surface area contributed by atoms with Gasteiger partial charge in [-0.05, 0) is 19.8 Å². The van der Waals surface area contributed by atoms with Crippen LogP contribution in [0.15, 0.2) is 10.9 Å². The smallest absolute Gasteiger partial charge is 0.252 e. The molecule has 2 rings (SSSR count). The predicted octanol–water partition coefficient (Wildman–Crippen LogP) is 1.46. The summed E-state index contributed by atoms with van der Waals surface area (Å²) in [6.07, 6.45) is 4.95. The Labute approximate surface area is 89.3 Å². The number of aromatic nitrogens is 2. The highest BCUT2D eigenvalue weighted by molar-refractivity contribution is 5.29. The molecule has 0 unspecified atom stereocenters. The lowest BCUT2D eigenvalue weighted by Crippen LogP contribution is -2.28. The second kappa shape index (κ2) is 4.47. The zero-order chi connectivity index (χ0) is 10.7. The molecule has 82 valence electrons. The zero-order valence-electron chi connectivity index (χ0n) is 9.12. The summed E-state index contributed by atoms with van der Waals surface area (Å²) in [5, 5.41) is 0. The number of anilines is 1. The van der Waals surface area contributed by atoms with Gasteiger partial charge in [-0.2, -0.15) is 0 Å². The number of rotatable bonds is 1. The Bertz CT molecular complexity index is 378. The van der Waals surface area contributed by atoms with E-state index in [-0.39, 0.29) is 5.56 Å². The minimum absolute atomic E-state index is 0.0539. The van der Waals surface area contributed by atoms with E-state index in [4.69, 9.17) is 0 Å². The van der Waals surface area contributed by atoms with Gasteiger partial charge in [0, 0.05) is 24.8 Å². The monoisotopic (exact) mass is 207 g/mol. The molecule has 0 atom stereocenters. The lowest BCUT2D eigenvalue weighted by molar-refractivity contribution is 0.726. The van der Waals surface area contributed by atoms with Crippen LogP contribution in [-0.2, 0) is 0 Å². The largest absolute Gasteiger partial charge is 0.342 e. The maximum atomic E-state index is 11.3. The van der Waals surface area contributed by atoms with Gasteiger partial charge in [0.15, 0.2) is 0 Å². The first-order valence-corrected chi connectivity index (χ1v) is 5.58. The van der Waals surface area contributed by atoms with E-state index in [1.165, 1.54) is 31.7 Å². The van der Waals surface area contributed by atoms with Gasteiger partial charge in [-0.15, -0.1) is 0 Å². The lowest BCUT2D eigenvalue weighted by atomic mass is 10.2. The van der Waals surface area contributed by atoms with Crippen molar-refractivity contribution in [3.05, 3.63) is 22.1 Å². The maximum Gasteiger partial charge on any atom is 0.252 e. The van der Waals surface area contributed by atoms with E-state index >= 15 is 0 Å². The van der Waals surface area contributed by atoms with Crippen molar-refractivity contribution in [1.82, 2.24) is 9.97 Å². The van der Waals surface area contributed by atoms with Crippen LogP contribution < -0.4 is 10.5 Å². The number of nitrogens with zero attached hydrogens (tertiary/aromatic N) is 2. The van der Waals surface area contributed by atoms with Crippen molar-refractivity contribution in [1.29, 1.82) is 0 Å². The van der Waals surface area contributed by atoms with Crippen LogP contribution in [0.25, 0.3) is 0 Å². The molecule has 0 spiro atoms. The molecular formula is C11H17N3O. The number of hydrogen-bond donors (Lipinski definition) is 1. The quantitative estimate of drug-likeness (QED) is 0.758. The van der Waals surface area contributed by atoms with Gasteiger partial charge in [0.05, 0.1) is 0 Å². The van der Waals surface area contributed by atoms with E-state index in [0.29, 0.717) is 0 Å². The van der Waals surface area contributed by atoms with Crippen molar-refractivity contribution >= 4 is 5.95 Å². The van der Waals surface area contributed by atoms with Crippen molar-refractivity contribution in [3.8, 4) is 0 Å². The number of hydrogen-bond acceptors (Lipinski definition) is 3. The highest BCUT2D eigenvalue weighted by atomic mass is 16.1. The molecule has 1 N–H and O–H groups in total. The summed E-state index contributed by atoms with van der Waals surface area (Å²) in [6.45, 7) is 3.87. The summed E-state index contributed by atoms with van der Waals surface area (Å²) >= 11 is 0. The molecule has 0 aromatic carbocycles. The molecule has 1 saturated heterocycles. The Hall–Kier alpha value is -1.32. The third-order valence-corrected chi connectivity index (χ3v) is 2.76. The molecule has 0 bridgehead atoms. The molecule has 4 heteroatoms. The van der Waals surface area contributed by atoms with Crippen molar-refractivity contribution in [2.24, 2.45) is 0 Å². The maximum absolute atomic E-state index is 11.3. The Morgan fingerprint density at radius 2 is 1.93 bits per heavy atom. The van der Waals surface area contributed by atoms with Gasteiger partial charge in [0.25, 0.3) is 5.56 Å². The van der Waals surface area contributed by atoms with E-state index in [1.807, 2.05) is 6.92 Å². The van der Waals surface area contributed by atoms with Gasteiger partial charge < -0.3 is 4.90 Å². The fraction of sp³-hybridized carbons (Fsp3) is 0.636. The summed E-state index contributed by atoms with van der Waals surface area (Å²) < 4.78 is 0. The van der Waals surface area contributed by atoms with Crippen LogP contribution in [0.5, 0.6) is 0 Å². The molecule has 15 heavy (non-hydrogen) atoms. The summed E-state index contributed by atoms with van der Waals surface area (Å²) in [5.74, 6) is 0.738. The number of aryl methyl sites for hydroxylation is 1. The topological polar surface area (TPSA) is 49.0 Å². The highest BCUT2D eigenvalue weighted by Gasteiger charge is 2.11. The van der Waals surface area contributed by atoms with Gasteiger partial charge in [-0.25, -0.2) is 4.98 Å². The first kappa shape index (κ1) is 10.2. The third-order valence-electron chi connectivity index (χ3n) is 2.76. The molecular weight excluding hydrogens is 190 g/mol. The van der Waals surface area contributed by atoms with Gasteiger partial charge in [-0.3, -0.25) is 9.78 Å². The molecule has 4 nitrogen and oxygen atoms in total. The molecule has 0 amide bonds. The molecule has 2 heterocycles. The Balaban J connectivity index is 2.23. The fourth-order valence-electron chi connectivity index (χ4n) is 2.00. The van der Waals surface area contributed by atoms with E-state index in [2.05, 4.69) is 14.9 Å². The van der Waals surface area contributed by atoms with Crippen LogP contribution in [0.1, 0.15) is 31.4 Å². The average molecular weight is 207 g/mol. The zero-order valence-corrected chi connectivity index (χ0v) is 9.12. The van der Waals surface area contributed by atoms with E-state index < -0.39 is 0 Å². The Kier molecular flexibility index (Phi) is 3.04. The molecule has 1 aromatic rings. The van der Waals surface area contributed by atoms with Crippen LogP contribution in [0, 0.1) is 6.92 Å². The van der Waals surface area contributed by atoms with Gasteiger partial charge >= 0.3 is 0 Å². The summed E-state index contributed by atoms with van der Waals surface area (Å²) in [6, 6.07) is 1.53. The number of nitrogens with one attached hydrogen (secondary N) is 1. The number of H-pyrrole nitrogens is 1. The third kappa shape index (κ3) is 2.58. The molecule has 1 fully saturated rings. The predicted molar refractivity (Wildman–Crippen MR) is 60.3 cm³/mol. The minimum Gasteiger partial charge on any atom is -0.342 e. The molecule has 1 aliphatic heterocycles. The van der Waals surface area contributed by atoms with Crippen molar-refractivity contribution in [2.45, 2.75) is 32.6 Å². The Morgan fingerprint density at radius 3 is 2.53 bits per heavy atom. The molecule has 1 aromatic heterocycles. The lowest BCUT2D eigenvalue weighted by Gasteiger charge is -2.20. The summed E-state index contributed by atoms with van der Waals surface area (Å²) in [5.41, 5.74) is 0.736. The molecule has 0 aliphatic carbocycles. The van der Waals surface area contributed by atoms with E-state index in [0.717, 1.165) is 24.7 Å². The standard InChI is InChI=1S/C11H17N3O/c1-9-8-10(15)13-11(12-9)14-6-4-2-3-5-7-14/h8H,2-7H2,1H3,(H,12,13,15). The average Bonchev–Trinajstić information content (AvgIpc) is 2.43. The molecule has 0 radical (unpaired) electrons. The molecule has 1 aliphatic rings. The fourth-order valence-corrected chi connectivity index (χ4v) is 2.00. The van der Waals surface area contributed by atoms with Gasteiger partial charge in [0.1, 0.15) is 0 Å². The van der Waals surface area contributed by atoms with Crippen LogP contribution in [0.4, 0.5) is 5.95 Å². The van der Waals surface area contributed by atoms with E-state index in [1.54, 1.807) is 0 Å². The summed E-state index contributed by atoms with van der Waals surface area (Å²) in [4.78, 5) is 20.7. The SMILES string of the molecule is Cc1cc(=O)[nH]c(N2CCCCCC2)n1. The Morgan fingerprint density at radius 1 is 1.27 bits per heavy atom. The normalized spacial score (nSPS) is 17.5. The number of aromatic amines is 1.